The number of hydrogen-bond donors (Lipinski definition) is 2. The quantitative estimate of drug-likeness (QED) is 0.761. The van der Waals surface area contributed by atoms with Crippen LogP contribution in [0, 0.1) is 29.1 Å². The first kappa shape index (κ1) is 15.6. The largest absolute Gasteiger partial charge is 0.330 e. The molecule has 3 unspecified atom stereocenters. The first-order chi connectivity index (χ1) is 9.65. The van der Waals surface area contributed by atoms with Crippen LogP contribution >= 0.6 is 0 Å². The molecular weight excluding hydrogens is 300 g/mol. The standard InChI is InChI=1S/C14H23F2NO3S/c15-14(16)12-2-9-1-10(3-12)5-13(14,4-9)6-11(7-17)8-21(18,19)20/h9-12H,1-8,17H2,(H,18,19,20). The van der Waals surface area contributed by atoms with Crippen LogP contribution in [0.1, 0.15) is 38.5 Å². The van der Waals surface area contributed by atoms with Gasteiger partial charge >= 0.3 is 0 Å². The lowest BCUT2D eigenvalue weighted by Gasteiger charge is -2.61. The van der Waals surface area contributed by atoms with Crippen LogP contribution in [0.25, 0.3) is 0 Å². The Morgan fingerprint density at radius 1 is 1.19 bits per heavy atom. The van der Waals surface area contributed by atoms with Gasteiger partial charge in [0.05, 0.1) is 5.75 Å². The topological polar surface area (TPSA) is 80.4 Å². The fraction of sp³-hybridized carbons (Fsp3) is 1.00. The van der Waals surface area contributed by atoms with Gasteiger partial charge in [0.1, 0.15) is 0 Å². The van der Waals surface area contributed by atoms with Crippen LogP contribution in [0.4, 0.5) is 8.78 Å². The SMILES string of the molecule is NCC(CC12CC3CC(CC(C3)C1(F)F)C2)CS(=O)(=O)O. The number of alkyl halides is 2. The van der Waals surface area contributed by atoms with Crippen molar-refractivity contribution in [1.29, 1.82) is 0 Å². The lowest BCUT2D eigenvalue weighted by molar-refractivity contribution is -0.261. The van der Waals surface area contributed by atoms with Gasteiger partial charge in [0.2, 0.25) is 0 Å². The van der Waals surface area contributed by atoms with Crippen molar-refractivity contribution in [2.24, 2.45) is 34.8 Å². The zero-order valence-electron chi connectivity index (χ0n) is 12.0. The molecule has 4 fully saturated rings. The van der Waals surface area contributed by atoms with Gasteiger partial charge in [-0.05, 0) is 62.8 Å². The Morgan fingerprint density at radius 2 is 1.76 bits per heavy atom. The van der Waals surface area contributed by atoms with Crippen molar-refractivity contribution in [3.63, 3.8) is 0 Å². The van der Waals surface area contributed by atoms with E-state index in [2.05, 4.69) is 0 Å². The van der Waals surface area contributed by atoms with E-state index in [-0.39, 0.29) is 13.0 Å². The highest BCUT2D eigenvalue weighted by atomic mass is 32.2. The molecule has 0 spiro atoms. The maximum absolute atomic E-state index is 14.8. The summed E-state index contributed by atoms with van der Waals surface area (Å²) in [5, 5.41) is 0. The first-order valence-corrected chi connectivity index (χ1v) is 9.29. The molecule has 4 rings (SSSR count). The molecule has 0 amide bonds. The van der Waals surface area contributed by atoms with Crippen LogP contribution in [0.15, 0.2) is 0 Å². The molecule has 7 heteroatoms. The van der Waals surface area contributed by atoms with Crippen LogP contribution in [-0.2, 0) is 10.1 Å². The molecule has 0 aromatic rings. The van der Waals surface area contributed by atoms with E-state index in [1.54, 1.807) is 0 Å². The summed E-state index contributed by atoms with van der Waals surface area (Å²) in [5.74, 6) is -3.68. The van der Waals surface area contributed by atoms with E-state index in [1.165, 1.54) is 0 Å². The smallest absolute Gasteiger partial charge is 0.265 e. The number of halogens is 2. The van der Waals surface area contributed by atoms with E-state index in [1.807, 2.05) is 0 Å². The average Bonchev–Trinajstić information content (AvgIpc) is 2.33. The van der Waals surface area contributed by atoms with Crippen molar-refractivity contribution < 1.29 is 21.8 Å². The number of hydrogen-bond acceptors (Lipinski definition) is 3. The fourth-order valence-corrected chi connectivity index (χ4v) is 6.30. The van der Waals surface area contributed by atoms with Crippen LogP contribution in [0.3, 0.4) is 0 Å². The van der Waals surface area contributed by atoms with Gasteiger partial charge in [0.25, 0.3) is 16.0 Å². The van der Waals surface area contributed by atoms with Gasteiger partial charge in [0.15, 0.2) is 0 Å². The Bertz CT molecular complexity index is 508. The summed E-state index contributed by atoms with van der Waals surface area (Å²) in [5.41, 5.74) is 4.48. The molecule has 0 saturated heterocycles. The monoisotopic (exact) mass is 323 g/mol. The Labute approximate surface area is 124 Å². The van der Waals surface area contributed by atoms with Gasteiger partial charge in [-0.1, -0.05) is 0 Å². The highest BCUT2D eigenvalue weighted by Crippen LogP contribution is 2.68. The predicted molar refractivity (Wildman–Crippen MR) is 74.5 cm³/mol. The van der Waals surface area contributed by atoms with Crippen molar-refractivity contribution in [1.82, 2.24) is 0 Å². The molecule has 4 aliphatic carbocycles. The molecular formula is C14H23F2NO3S. The molecule has 0 aromatic carbocycles. The Kier molecular flexibility index (Phi) is 3.62. The van der Waals surface area contributed by atoms with Crippen molar-refractivity contribution in [3.05, 3.63) is 0 Å². The Hall–Kier alpha value is -0.270. The lowest BCUT2D eigenvalue weighted by atomic mass is 9.46. The summed E-state index contributed by atoms with van der Waals surface area (Å²) >= 11 is 0. The van der Waals surface area contributed by atoms with Gasteiger partial charge in [0, 0.05) is 11.3 Å². The molecule has 4 aliphatic rings. The second-order valence-electron chi connectivity index (χ2n) is 7.50. The maximum Gasteiger partial charge on any atom is 0.265 e. The second-order valence-corrected chi connectivity index (χ2v) is 9.00. The highest BCUT2D eigenvalue weighted by molar-refractivity contribution is 7.85. The van der Waals surface area contributed by atoms with Crippen LogP contribution in [0.2, 0.25) is 0 Å². The normalized spacial score (nSPS) is 42.2. The summed E-state index contributed by atoms with van der Waals surface area (Å²) in [6.45, 7) is 0.0115. The molecule has 3 N–H and O–H groups in total. The average molecular weight is 323 g/mol. The van der Waals surface area contributed by atoms with Gasteiger partial charge in [-0.2, -0.15) is 8.42 Å². The van der Waals surface area contributed by atoms with Crippen molar-refractivity contribution >= 4 is 10.1 Å². The molecule has 0 radical (unpaired) electrons. The number of nitrogens with two attached hydrogens (primary N) is 1. The predicted octanol–water partition coefficient (Wildman–Crippen LogP) is 2.30. The molecule has 4 bridgehead atoms. The van der Waals surface area contributed by atoms with E-state index in [0.717, 1.165) is 6.42 Å². The minimum absolute atomic E-state index is 0.0115. The zero-order chi connectivity index (χ0) is 15.5. The third-order valence-electron chi connectivity index (χ3n) is 5.94. The highest BCUT2D eigenvalue weighted by Gasteiger charge is 2.67. The molecule has 21 heavy (non-hydrogen) atoms. The van der Waals surface area contributed by atoms with Gasteiger partial charge in [-0.25, -0.2) is 8.78 Å². The van der Waals surface area contributed by atoms with Crippen molar-refractivity contribution in [2.45, 2.75) is 44.4 Å². The Morgan fingerprint density at radius 3 is 2.24 bits per heavy atom. The summed E-state index contributed by atoms with van der Waals surface area (Å²) in [7, 11) is -4.18. The third-order valence-corrected chi connectivity index (χ3v) is 6.83. The third kappa shape index (κ3) is 2.61. The van der Waals surface area contributed by atoms with Crippen LogP contribution in [0.5, 0.6) is 0 Å². The lowest BCUT2D eigenvalue weighted by Crippen LogP contribution is -2.61. The van der Waals surface area contributed by atoms with E-state index >= 15 is 0 Å². The van der Waals surface area contributed by atoms with Gasteiger partial charge < -0.3 is 5.73 Å². The first-order valence-electron chi connectivity index (χ1n) is 7.68. The van der Waals surface area contributed by atoms with Crippen molar-refractivity contribution in [3.8, 4) is 0 Å². The minimum atomic E-state index is -4.18. The Balaban J connectivity index is 1.85. The second kappa shape index (κ2) is 4.86. The van der Waals surface area contributed by atoms with Crippen LogP contribution in [-0.4, -0.2) is 31.2 Å². The van der Waals surface area contributed by atoms with E-state index < -0.39 is 39.0 Å². The van der Waals surface area contributed by atoms with E-state index in [4.69, 9.17) is 10.3 Å². The minimum Gasteiger partial charge on any atom is -0.330 e. The maximum atomic E-state index is 14.8. The van der Waals surface area contributed by atoms with E-state index in [0.29, 0.717) is 37.5 Å². The summed E-state index contributed by atoms with van der Waals surface area (Å²) < 4.78 is 60.8. The van der Waals surface area contributed by atoms with E-state index in [9.17, 15) is 17.2 Å². The molecule has 3 atom stereocenters. The van der Waals surface area contributed by atoms with Gasteiger partial charge in [-0.3, -0.25) is 4.55 Å². The summed E-state index contributed by atoms with van der Waals surface area (Å²) in [6.07, 6.45) is 3.33. The molecule has 0 heterocycles. The molecule has 0 aliphatic heterocycles. The zero-order valence-corrected chi connectivity index (χ0v) is 12.8. The molecule has 0 aromatic heterocycles. The summed E-state index contributed by atoms with van der Waals surface area (Å²) in [6, 6.07) is 0. The molecule has 122 valence electrons. The fourth-order valence-electron chi connectivity index (χ4n) is 5.45. The molecule has 4 saturated carbocycles. The number of rotatable bonds is 5. The van der Waals surface area contributed by atoms with Gasteiger partial charge in [-0.15, -0.1) is 0 Å². The molecule has 4 nitrogen and oxygen atoms in total. The van der Waals surface area contributed by atoms with Crippen molar-refractivity contribution in [2.75, 3.05) is 12.3 Å². The summed E-state index contributed by atoms with van der Waals surface area (Å²) in [4.78, 5) is 0. The van der Waals surface area contributed by atoms with Crippen LogP contribution < -0.4 is 5.73 Å².